The molecule has 1 aromatic carbocycles. The van der Waals surface area contributed by atoms with E-state index in [4.69, 9.17) is 16.6 Å². The van der Waals surface area contributed by atoms with E-state index in [9.17, 15) is 24.3 Å². The molecule has 3 amide bonds. The van der Waals surface area contributed by atoms with E-state index in [0.717, 1.165) is 22.9 Å². The lowest BCUT2D eigenvalue weighted by molar-refractivity contribution is -0.143. The van der Waals surface area contributed by atoms with E-state index in [1.54, 1.807) is 20.0 Å². The summed E-state index contributed by atoms with van der Waals surface area (Å²) in [6.07, 6.45) is 3.66. The number of hydrogen-bond acceptors (Lipinski definition) is 7. The van der Waals surface area contributed by atoms with Crippen LogP contribution in [-0.2, 0) is 25.6 Å². The van der Waals surface area contributed by atoms with Gasteiger partial charge in [0.25, 0.3) is 0 Å². The molecule has 0 saturated carbocycles. The number of para-hydroxylation sites is 1. The van der Waals surface area contributed by atoms with Crippen LogP contribution in [-0.4, -0.2) is 76.2 Å². The highest BCUT2D eigenvalue weighted by molar-refractivity contribution is 5.95. The van der Waals surface area contributed by atoms with Crippen molar-refractivity contribution < 1.29 is 29.4 Å². The summed E-state index contributed by atoms with van der Waals surface area (Å²) >= 11 is 0. The van der Waals surface area contributed by atoms with Crippen molar-refractivity contribution in [3.8, 4) is 0 Å². The number of hydrogen-bond donors (Lipinski definition) is 8. The minimum atomic E-state index is -1.51. The van der Waals surface area contributed by atoms with Gasteiger partial charge in [-0.1, -0.05) is 38.5 Å². The lowest BCUT2D eigenvalue weighted by atomic mass is 10.00. The number of aliphatic carboxylic acids is 1. The van der Waals surface area contributed by atoms with Gasteiger partial charge in [-0.05, 0) is 36.9 Å². The predicted molar refractivity (Wildman–Crippen MR) is 138 cm³/mol. The zero-order valence-corrected chi connectivity index (χ0v) is 21.2. The lowest BCUT2D eigenvalue weighted by Crippen LogP contribution is -2.59. The number of rotatable bonds is 15. The van der Waals surface area contributed by atoms with Crippen LogP contribution in [0.2, 0.25) is 0 Å². The van der Waals surface area contributed by atoms with Gasteiger partial charge in [-0.3, -0.25) is 14.4 Å². The fourth-order valence-electron chi connectivity index (χ4n) is 3.88. The molecule has 0 saturated heterocycles. The van der Waals surface area contributed by atoms with Crippen molar-refractivity contribution in [2.75, 3.05) is 13.2 Å². The van der Waals surface area contributed by atoms with Crippen molar-refractivity contribution in [2.45, 2.75) is 63.7 Å². The van der Waals surface area contributed by atoms with Crippen molar-refractivity contribution in [2.24, 2.45) is 17.4 Å². The molecular formula is C25H38N6O6. The van der Waals surface area contributed by atoms with Gasteiger partial charge in [-0.2, -0.15) is 0 Å². The molecule has 0 bridgehead atoms. The Morgan fingerprint density at radius 1 is 0.973 bits per heavy atom. The fourth-order valence-corrected chi connectivity index (χ4v) is 3.88. The van der Waals surface area contributed by atoms with Gasteiger partial charge in [0.15, 0.2) is 0 Å². The standard InChI is InChI=1S/C25H38N6O6/c1-14(2)21(24(35)30-20(13-32)25(36)37)31-23(34)19(29-22(33)17(27)8-5-6-10-26)11-15-12-28-18-9-4-3-7-16(15)18/h3-4,7,9,12,14,17,19-21,28,32H,5-6,8,10-11,13,26-27H2,1-2H3,(H,29,33)(H,30,35)(H,31,34)(H,36,37). The van der Waals surface area contributed by atoms with Crippen LogP contribution in [0.3, 0.4) is 0 Å². The average Bonchev–Trinajstić information content (AvgIpc) is 3.27. The van der Waals surface area contributed by atoms with E-state index in [2.05, 4.69) is 20.9 Å². The van der Waals surface area contributed by atoms with Crippen molar-refractivity contribution >= 4 is 34.6 Å². The Bertz CT molecular complexity index is 1070. The molecule has 0 aliphatic rings. The fraction of sp³-hybridized carbons (Fsp3) is 0.520. The van der Waals surface area contributed by atoms with Crippen LogP contribution < -0.4 is 27.4 Å². The molecule has 4 atom stereocenters. The third-order valence-electron chi connectivity index (χ3n) is 6.08. The highest BCUT2D eigenvalue weighted by Crippen LogP contribution is 2.19. The SMILES string of the molecule is CC(C)C(NC(=O)C(Cc1c[nH]c2ccccc12)NC(=O)C(N)CCCCN)C(=O)NC(CO)C(=O)O. The van der Waals surface area contributed by atoms with E-state index in [0.29, 0.717) is 19.4 Å². The second-order valence-corrected chi connectivity index (χ2v) is 9.33. The molecule has 0 aliphatic carbocycles. The number of carbonyl (C=O) groups is 4. The Balaban J connectivity index is 2.25. The second-order valence-electron chi connectivity index (χ2n) is 9.33. The number of aliphatic hydroxyl groups excluding tert-OH is 1. The van der Waals surface area contributed by atoms with Crippen LogP contribution in [0.15, 0.2) is 30.5 Å². The maximum Gasteiger partial charge on any atom is 0.328 e. The normalized spacial score (nSPS) is 14.5. The maximum atomic E-state index is 13.4. The van der Waals surface area contributed by atoms with E-state index in [-0.39, 0.29) is 6.42 Å². The number of nitrogens with two attached hydrogens (primary N) is 2. The van der Waals surface area contributed by atoms with Crippen molar-refractivity contribution in [3.05, 3.63) is 36.0 Å². The molecule has 1 heterocycles. The minimum absolute atomic E-state index is 0.123. The van der Waals surface area contributed by atoms with Gasteiger partial charge in [0.1, 0.15) is 18.1 Å². The van der Waals surface area contributed by atoms with Gasteiger partial charge in [-0.25, -0.2) is 4.79 Å². The Morgan fingerprint density at radius 2 is 1.65 bits per heavy atom. The van der Waals surface area contributed by atoms with Crippen molar-refractivity contribution in [3.63, 3.8) is 0 Å². The van der Waals surface area contributed by atoms with Crippen LogP contribution in [0, 0.1) is 5.92 Å². The quantitative estimate of drug-likeness (QED) is 0.142. The molecule has 0 fully saturated rings. The van der Waals surface area contributed by atoms with Gasteiger partial charge in [0.2, 0.25) is 17.7 Å². The number of carboxylic acid groups (broad SMARTS) is 1. The van der Waals surface area contributed by atoms with Crippen LogP contribution in [0.4, 0.5) is 0 Å². The Hall–Kier alpha value is -3.48. The number of H-pyrrole nitrogens is 1. The number of aromatic nitrogens is 1. The zero-order chi connectivity index (χ0) is 27.5. The molecule has 10 N–H and O–H groups in total. The maximum absolute atomic E-state index is 13.4. The number of amides is 3. The third-order valence-corrected chi connectivity index (χ3v) is 6.08. The average molecular weight is 519 g/mol. The van der Waals surface area contributed by atoms with Gasteiger partial charge < -0.3 is 42.6 Å². The largest absolute Gasteiger partial charge is 0.480 e. The number of aromatic amines is 1. The summed E-state index contributed by atoms with van der Waals surface area (Å²) in [5.41, 5.74) is 13.2. The predicted octanol–water partition coefficient (Wildman–Crippen LogP) is -0.646. The molecule has 12 nitrogen and oxygen atoms in total. The summed E-state index contributed by atoms with van der Waals surface area (Å²) in [4.78, 5) is 53.3. The van der Waals surface area contributed by atoms with Gasteiger partial charge in [0.05, 0.1) is 12.6 Å². The molecule has 2 aromatic rings. The molecule has 37 heavy (non-hydrogen) atoms. The zero-order valence-electron chi connectivity index (χ0n) is 21.2. The van der Waals surface area contributed by atoms with Crippen LogP contribution in [0.25, 0.3) is 10.9 Å². The number of benzene rings is 1. The second kappa shape index (κ2) is 14.3. The van der Waals surface area contributed by atoms with Crippen LogP contribution in [0.1, 0.15) is 38.7 Å². The molecule has 4 unspecified atom stereocenters. The molecular weight excluding hydrogens is 480 g/mol. The molecule has 0 radical (unpaired) electrons. The van der Waals surface area contributed by atoms with Crippen molar-refractivity contribution in [1.29, 1.82) is 0 Å². The highest BCUT2D eigenvalue weighted by Gasteiger charge is 2.32. The first-order chi connectivity index (χ1) is 17.6. The first-order valence-electron chi connectivity index (χ1n) is 12.3. The van der Waals surface area contributed by atoms with Crippen LogP contribution >= 0.6 is 0 Å². The topological polar surface area (TPSA) is 213 Å². The van der Waals surface area contributed by atoms with E-state index < -0.39 is 60.4 Å². The van der Waals surface area contributed by atoms with E-state index in [1.807, 2.05) is 24.3 Å². The van der Waals surface area contributed by atoms with E-state index in [1.165, 1.54) is 0 Å². The summed E-state index contributed by atoms with van der Waals surface area (Å²) in [7, 11) is 0. The third kappa shape index (κ3) is 8.55. The summed E-state index contributed by atoms with van der Waals surface area (Å²) in [5.74, 6) is -3.72. The molecule has 0 spiro atoms. The Kier molecular flexibility index (Phi) is 11.5. The summed E-state index contributed by atoms with van der Waals surface area (Å²) < 4.78 is 0. The number of carboxylic acids is 1. The summed E-state index contributed by atoms with van der Waals surface area (Å²) in [6.45, 7) is 3.04. The summed E-state index contributed by atoms with van der Waals surface area (Å²) in [6, 6.07) is 2.99. The first kappa shape index (κ1) is 29.7. The van der Waals surface area contributed by atoms with Gasteiger partial charge in [-0.15, -0.1) is 0 Å². The number of aliphatic hydroxyl groups is 1. The number of nitrogens with one attached hydrogen (secondary N) is 4. The van der Waals surface area contributed by atoms with Crippen molar-refractivity contribution in [1.82, 2.24) is 20.9 Å². The monoisotopic (exact) mass is 518 g/mol. The van der Waals surface area contributed by atoms with E-state index >= 15 is 0 Å². The Morgan fingerprint density at radius 3 is 2.27 bits per heavy atom. The molecule has 1 aromatic heterocycles. The number of unbranched alkanes of at least 4 members (excludes halogenated alkanes) is 1. The number of fused-ring (bicyclic) bond motifs is 1. The lowest BCUT2D eigenvalue weighted by Gasteiger charge is -2.27. The van der Waals surface area contributed by atoms with Gasteiger partial charge >= 0.3 is 5.97 Å². The highest BCUT2D eigenvalue weighted by atomic mass is 16.4. The van der Waals surface area contributed by atoms with Crippen LogP contribution in [0.5, 0.6) is 0 Å². The molecule has 12 heteroatoms. The molecule has 0 aliphatic heterocycles. The molecule has 2 rings (SSSR count). The minimum Gasteiger partial charge on any atom is -0.480 e. The van der Waals surface area contributed by atoms with Gasteiger partial charge in [0, 0.05) is 23.5 Å². The first-order valence-corrected chi connectivity index (χ1v) is 12.3. The molecule has 204 valence electrons. The number of carbonyl (C=O) groups excluding carboxylic acids is 3. The summed E-state index contributed by atoms with van der Waals surface area (Å²) in [5, 5.41) is 26.8. The smallest absolute Gasteiger partial charge is 0.328 e. The Labute approximate surface area is 215 Å².